The Kier molecular flexibility index (Phi) is 3.35. The van der Waals surface area contributed by atoms with Crippen molar-refractivity contribution in [3.05, 3.63) is 29.8 Å². The number of carbonyl (C=O) groups is 1. The summed E-state index contributed by atoms with van der Waals surface area (Å²) < 4.78 is 17.6. The van der Waals surface area contributed by atoms with E-state index in [-0.39, 0.29) is 23.6 Å². The van der Waals surface area contributed by atoms with Crippen LogP contribution in [0.4, 0.5) is 4.39 Å². The fourth-order valence-corrected chi connectivity index (χ4v) is 1.51. The Morgan fingerprint density at radius 1 is 1.59 bits per heavy atom. The first kappa shape index (κ1) is 11.9. The number of hydrogen-bond acceptors (Lipinski definition) is 4. The van der Waals surface area contributed by atoms with E-state index in [1.807, 2.05) is 0 Å². The summed E-state index contributed by atoms with van der Waals surface area (Å²) >= 11 is 0. The van der Waals surface area contributed by atoms with Crippen LogP contribution in [0.25, 0.3) is 0 Å². The van der Waals surface area contributed by atoms with Crippen molar-refractivity contribution in [2.45, 2.75) is 0 Å². The molecule has 1 aromatic rings. The zero-order valence-corrected chi connectivity index (χ0v) is 9.15. The predicted molar refractivity (Wildman–Crippen MR) is 56.9 cm³/mol. The average Bonchev–Trinajstić information content (AvgIpc) is 2.29. The monoisotopic (exact) mass is 240 g/mol. The van der Waals surface area contributed by atoms with Gasteiger partial charge in [0.1, 0.15) is 11.5 Å². The number of hydrogen-bond donors (Lipinski definition) is 2. The van der Waals surface area contributed by atoms with E-state index in [4.69, 9.17) is 9.84 Å². The van der Waals surface area contributed by atoms with Gasteiger partial charge in [-0.2, -0.15) is 0 Å². The molecule has 0 radical (unpaired) electrons. The van der Waals surface area contributed by atoms with Crippen LogP contribution in [-0.4, -0.2) is 42.4 Å². The van der Waals surface area contributed by atoms with Crippen LogP contribution in [0, 0.1) is 11.2 Å². The normalized spacial score (nSPS) is 17.3. The molecular weight excluding hydrogens is 227 g/mol. The molecular formula is C11H13FN2O3. The molecule has 1 aliphatic heterocycles. The van der Waals surface area contributed by atoms with E-state index in [2.05, 4.69) is 10.3 Å². The summed E-state index contributed by atoms with van der Waals surface area (Å²) in [6.45, 7) is 1.15. The van der Waals surface area contributed by atoms with Gasteiger partial charge >= 0.3 is 0 Å². The van der Waals surface area contributed by atoms with Gasteiger partial charge in [-0.3, -0.25) is 4.79 Å². The molecule has 0 unspecified atom stereocenters. The lowest BCUT2D eigenvalue weighted by molar-refractivity contribution is -0.133. The highest BCUT2D eigenvalue weighted by atomic mass is 19.1. The van der Waals surface area contributed by atoms with Gasteiger partial charge in [0.2, 0.25) is 0 Å². The van der Waals surface area contributed by atoms with E-state index in [1.54, 1.807) is 0 Å². The molecule has 0 spiro atoms. The standard InChI is InChI=1S/C11H13FN2O3/c12-8-1-2-9(13-3-8)10(16)14-4-11(5-15)6-17-7-11/h1-3,15H,4-7H2,(H,14,16). The Hall–Kier alpha value is -1.53. The van der Waals surface area contributed by atoms with E-state index in [1.165, 1.54) is 12.1 Å². The number of halogens is 1. The fraction of sp³-hybridized carbons (Fsp3) is 0.455. The highest BCUT2D eigenvalue weighted by molar-refractivity contribution is 5.92. The lowest BCUT2D eigenvalue weighted by Crippen LogP contribution is -2.53. The molecule has 5 nitrogen and oxygen atoms in total. The van der Waals surface area contributed by atoms with Gasteiger partial charge in [0.05, 0.1) is 31.4 Å². The van der Waals surface area contributed by atoms with Gasteiger partial charge in [-0.25, -0.2) is 9.37 Å². The second-order valence-corrected chi connectivity index (χ2v) is 4.20. The number of aromatic nitrogens is 1. The van der Waals surface area contributed by atoms with Crippen molar-refractivity contribution in [1.29, 1.82) is 0 Å². The molecule has 1 aromatic heterocycles. The van der Waals surface area contributed by atoms with Crippen LogP contribution in [0.2, 0.25) is 0 Å². The largest absolute Gasteiger partial charge is 0.396 e. The van der Waals surface area contributed by atoms with Crippen LogP contribution >= 0.6 is 0 Å². The second kappa shape index (κ2) is 4.77. The first-order chi connectivity index (χ1) is 8.15. The molecule has 1 fully saturated rings. The maximum Gasteiger partial charge on any atom is 0.269 e. The lowest BCUT2D eigenvalue weighted by atomic mass is 9.87. The highest BCUT2D eigenvalue weighted by Gasteiger charge is 2.38. The van der Waals surface area contributed by atoms with E-state index in [0.717, 1.165) is 6.20 Å². The summed E-state index contributed by atoms with van der Waals surface area (Å²) in [6.07, 6.45) is 0.989. The molecule has 6 heteroatoms. The molecule has 0 saturated carbocycles. The van der Waals surface area contributed by atoms with Crippen LogP contribution in [-0.2, 0) is 4.74 Å². The van der Waals surface area contributed by atoms with Crippen LogP contribution in [0.1, 0.15) is 10.5 Å². The third-order valence-electron chi connectivity index (χ3n) is 2.74. The van der Waals surface area contributed by atoms with Gasteiger partial charge < -0.3 is 15.2 Å². The highest BCUT2D eigenvalue weighted by Crippen LogP contribution is 2.25. The molecule has 1 saturated heterocycles. The minimum Gasteiger partial charge on any atom is -0.396 e. The molecule has 0 bridgehead atoms. The van der Waals surface area contributed by atoms with Crippen LogP contribution in [0.15, 0.2) is 18.3 Å². The van der Waals surface area contributed by atoms with Crippen LogP contribution in [0.3, 0.4) is 0 Å². The van der Waals surface area contributed by atoms with Crippen LogP contribution < -0.4 is 5.32 Å². The van der Waals surface area contributed by atoms with Crippen molar-refractivity contribution < 1.29 is 19.0 Å². The number of aliphatic hydroxyl groups is 1. The average molecular weight is 240 g/mol. The van der Waals surface area contributed by atoms with Crippen molar-refractivity contribution in [3.63, 3.8) is 0 Å². The number of rotatable bonds is 4. The van der Waals surface area contributed by atoms with Gasteiger partial charge in [-0.05, 0) is 12.1 Å². The third kappa shape index (κ3) is 2.59. The van der Waals surface area contributed by atoms with Gasteiger partial charge in [0.15, 0.2) is 0 Å². The van der Waals surface area contributed by atoms with E-state index in [0.29, 0.717) is 19.8 Å². The summed E-state index contributed by atoms with van der Waals surface area (Å²) in [7, 11) is 0. The number of ether oxygens (including phenoxy) is 1. The Morgan fingerprint density at radius 2 is 2.35 bits per heavy atom. The summed E-state index contributed by atoms with van der Waals surface area (Å²) in [5, 5.41) is 11.8. The smallest absolute Gasteiger partial charge is 0.269 e. The molecule has 1 amide bonds. The molecule has 0 atom stereocenters. The topological polar surface area (TPSA) is 71.5 Å². The maximum atomic E-state index is 12.6. The van der Waals surface area contributed by atoms with Crippen LogP contribution in [0.5, 0.6) is 0 Å². The fourth-order valence-electron chi connectivity index (χ4n) is 1.51. The maximum absolute atomic E-state index is 12.6. The Labute approximate surface area is 97.6 Å². The number of aliphatic hydroxyl groups excluding tert-OH is 1. The Balaban J connectivity index is 1.91. The van der Waals surface area contributed by atoms with Gasteiger partial charge in [-0.15, -0.1) is 0 Å². The zero-order chi connectivity index (χ0) is 12.3. The van der Waals surface area contributed by atoms with Crippen molar-refractivity contribution in [2.24, 2.45) is 5.41 Å². The van der Waals surface area contributed by atoms with Crippen molar-refractivity contribution >= 4 is 5.91 Å². The molecule has 2 heterocycles. The molecule has 1 aliphatic rings. The van der Waals surface area contributed by atoms with Crippen molar-refractivity contribution in [3.8, 4) is 0 Å². The number of amides is 1. The number of nitrogens with one attached hydrogen (secondary N) is 1. The number of carbonyl (C=O) groups excluding carboxylic acids is 1. The molecule has 92 valence electrons. The molecule has 2 rings (SSSR count). The molecule has 2 N–H and O–H groups in total. The zero-order valence-electron chi connectivity index (χ0n) is 9.15. The molecule has 17 heavy (non-hydrogen) atoms. The minimum atomic E-state index is -0.485. The van der Waals surface area contributed by atoms with E-state index in [9.17, 15) is 9.18 Å². The molecule has 0 aromatic carbocycles. The predicted octanol–water partition coefficient (Wildman–Crippen LogP) is -0.0406. The van der Waals surface area contributed by atoms with Crippen molar-refractivity contribution in [2.75, 3.05) is 26.4 Å². The Bertz CT molecular complexity index is 398. The second-order valence-electron chi connectivity index (χ2n) is 4.20. The quantitative estimate of drug-likeness (QED) is 0.774. The first-order valence-electron chi connectivity index (χ1n) is 5.24. The SMILES string of the molecule is O=C(NCC1(CO)COC1)c1ccc(F)cn1. The van der Waals surface area contributed by atoms with Gasteiger partial charge in [0.25, 0.3) is 5.91 Å². The van der Waals surface area contributed by atoms with E-state index < -0.39 is 5.82 Å². The third-order valence-corrected chi connectivity index (χ3v) is 2.74. The number of pyridine rings is 1. The summed E-state index contributed by atoms with van der Waals surface area (Å²) in [5.41, 5.74) is -0.227. The minimum absolute atomic E-state index is 0.0376. The van der Waals surface area contributed by atoms with Gasteiger partial charge in [0, 0.05) is 6.54 Å². The summed E-state index contributed by atoms with van der Waals surface area (Å²) in [4.78, 5) is 15.3. The summed E-state index contributed by atoms with van der Waals surface area (Å²) in [5.74, 6) is -0.870. The lowest BCUT2D eigenvalue weighted by Gasteiger charge is -2.39. The van der Waals surface area contributed by atoms with E-state index >= 15 is 0 Å². The van der Waals surface area contributed by atoms with Crippen molar-refractivity contribution in [1.82, 2.24) is 10.3 Å². The Morgan fingerprint density at radius 3 is 2.82 bits per heavy atom. The molecule has 0 aliphatic carbocycles. The first-order valence-corrected chi connectivity index (χ1v) is 5.24. The van der Waals surface area contributed by atoms with Gasteiger partial charge in [-0.1, -0.05) is 0 Å². The number of nitrogens with zero attached hydrogens (tertiary/aromatic N) is 1. The summed E-state index contributed by atoms with van der Waals surface area (Å²) in [6, 6.07) is 2.49.